The number of hydrogen-bond acceptors (Lipinski definition) is 6. The van der Waals surface area contributed by atoms with Gasteiger partial charge < -0.3 is 24.6 Å². The van der Waals surface area contributed by atoms with Gasteiger partial charge in [-0.05, 0) is 32.9 Å². The molecular weight excluding hydrogens is 448 g/mol. The number of carbonyl (C=O) groups is 2. The maximum atomic E-state index is 13.2. The second kappa shape index (κ2) is 11.1. The van der Waals surface area contributed by atoms with E-state index in [1.165, 1.54) is 18.2 Å². The fourth-order valence-corrected chi connectivity index (χ4v) is 4.22. The Hall–Kier alpha value is -2.53. The zero-order valence-corrected chi connectivity index (χ0v) is 21.2. The molecule has 0 fully saturated rings. The fourth-order valence-electron chi connectivity index (χ4n) is 3.66. The van der Waals surface area contributed by atoms with Gasteiger partial charge in [0, 0.05) is 45.3 Å². The lowest BCUT2D eigenvalue weighted by Gasteiger charge is -2.36. The number of ether oxygens (including phenoxy) is 2. The Labute approximate surface area is 196 Å². The van der Waals surface area contributed by atoms with Crippen molar-refractivity contribution in [3.05, 3.63) is 23.8 Å². The molecule has 10 nitrogen and oxygen atoms in total. The van der Waals surface area contributed by atoms with Crippen LogP contribution in [0.25, 0.3) is 0 Å². The van der Waals surface area contributed by atoms with Gasteiger partial charge in [-0.3, -0.25) is 9.52 Å². The van der Waals surface area contributed by atoms with E-state index in [4.69, 9.17) is 9.47 Å². The molecule has 0 saturated heterocycles. The lowest BCUT2D eigenvalue weighted by Crippen LogP contribution is -2.52. The monoisotopic (exact) mass is 484 g/mol. The Morgan fingerprint density at radius 2 is 1.91 bits per heavy atom. The minimum atomic E-state index is -3.51. The van der Waals surface area contributed by atoms with E-state index in [1.807, 2.05) is 27.7 Å². The minimum absolute atomic E-state index is 0.0327. The van der Waals surface area contributed by atoms with E-state index in [2.05, 4.69) is 10.0 Å². The van der Waals surface area contributed by atoms with E-state index in [1.54, 1.807) is 24.0 Å². The van der Waals surface area contributed by atoms with Crippen LogP contribution in [0.1, 0.15) is 38.1 Å². The summed E-state index contributed by atoms with van der Waals surface area (Å²) in [6.07, 6.45) is 0.751. The van der Waals surface area contributed by atoms with E-state index in [0.29, 0.717) is 18.7 Å². The summed E-state index contributed by atoms with van der Waals surface area (Å²) >= 11 is 0. The van der Waals surface area contributed by atoms with Crippen molar-refractivity contribution in [1.82, 2.24) is 15.1 Å². The summed E-state index contributed by atoms with van der Waals surface area (Å²) in [7, 11) is -0.243. The van der Waals surface area contributed by atoms with Crippen molar-refractivity contribution in [2.75, 3.05) is 44.8 Å². The van der Waals surface area contributed by atoms with Gasteiger partial charge in [0.2, 0.25) is 10.0 Å². The second-order valence-corrected chi connectivity index (χ2v) is 10.7. The molecule has 0 bridgehead atoms. The highest BCUT2D eigenvalue weighted by atomic mass is 32.2. The number of rotatable bonds is 4. The third-order valence-corrected chi connectivity index (χ3v) is 6.03. The number of likely N-dealkylation sites (N-methyl/N-ethyl adjacent to an activating group) is 1. The second-order valence-electron chi connectivity index (χ2n) is 8.94. The fraction of sp³-hybridized carbons (Fsp3) is 0.636. The highest BCUT2D eigenvalue weighted by molar-refractivity contribution is 7.92. The lowest BCUT2D eigenvalue weighted by atomic mass is 10.0. The Bertz CT molecular complexity index is 952. The van der Waals surface area contributed by atoms with Gasteiger partial charge in [-0.2, -0.15) is 0 Å². The molecule has 1 aliphatic heterocycles. The first-order valence-corrected chi connectivity index (χ1v) is 12.8. The van der Waals surface area contributed by atoms with Crippen molar-refractivity contribution in [3.8, 4) is 5.75 Å². The van der Waals surface area contributed by atoms with Gasteiger partial charge in [-0.25, -0.2) is 13.2 Å². The van der Waals surface area contributed by atoms with Gasteiger partial charge in [0.15, 0.2) is 0 Å². The van der Waals surface area contributed by atoms with Crippen molar-refractivity contribution >= 4 is 27.6 Å². The highest BCUT2D eigenvalue weighted by Gasteiger charge is 2.30. The number of carbonyl (C=O) groups excluding carboxylic acids is 2. The van der Waals surface area contributed by atoms with Crippen LogP contribution in [0.5, 0.6) is 5.75 Å². The molecule has 0 aromatic heterocycles. The van der Waals surface area contributed by atoms with E-state index in [0.717, 1.165) is 6.26 Å². The third kappa shape index (κ3) is 7.50. The first-order chi connectivity index (χ1) is 15.3. The standard InChI is InChI=1S/C22H36N4O6S/c1-14(2)23-22(28)26-11-15(3)20(31-6)12-25(5)21(27)18-9-8-17(24-33(7,29)30)10-19(18)32-13-16(26)4/h8-10,14-16,20,24H,11-13H2,1-7H3,(H,23,28)/t15-,16-,20-/m0/s1. The highest BCUT2D eigenvalue weighted by Crippen LogP contribution is 2.27. The van der Waals surface area contributed by atoms with Gasteiger partial charge >= 0.3 is 6.03 Å². The van der Waals surface area contributed by atoms with Crippen LogP contribution in [-0.2, 0) is 14.8 Å². The number of hydrogen-bond donors (Lipinski definition) is 2. The molecule has 0 radical (unpaired) electrons. The Morgan fingerprint density at radius 1 is 1.24 bits per heavy atom. The van der Waals surface area contributed by atoms with E-state index in [-0.39, 0.29) is 54.1 Å². The molecule has 1 heterocycles. The largest absolute Gasteiger partial charge is 0.491 e. The van der Waals surface area contributed by atoms with Crippen LogP contribution in [0.2, 0.25) is 0 Å². The lowest BCUT2D eigenvalue weighted by molar-refractivity contribution is 0.0165. The summed E-state index contributed by atoms with van der Waals surface area (Å²) in [6.45, 7) is 8.47. The topological polar surface area (TPSA) is 117 Å². The Kier molecular flexibility index (Phi) is 8.96. The number of nitrogens with zero attached hydrogens (tertiary/aromatic N) is 2. The number of anilines is 1. The van der Waals surface area contributed by atoms with Gasteiger partial charge in [0.25, 0.3) is 5.91 Å². The van der Waals surface area contributed by atoms with Crippen LogP contribution in [0.3, 0.4) is 0 Å². The van der Waals surface area contributed by atoms with Crippen LogP contribution < -0.4 is 14.8 Å². The van der Waals surface area contributed by atoms with Crippen LogP contribution in [-0.4, -0.2) is 88.5 Å². The van der Waals surface area contributed by atoms with Gasteiger partial charge in [0.1, 0.15) is 12.4 Å². The van der Waals surface area contributed by atoms with Crippen molar-refractivity contribution in [1.29, 1.82) is 0 Å². The van der Waals surface area contributed by atoms with Gasteiger partial charge in [0.05, 0.1) is 29.7 Å². The maximum Gasteiger partial charge on any atom is 0.317 e. The number of benzene rings is 1. The zero-order valence-electron chi connectivity index (χ0n) is 20.4. The number of methoxy groups -OCH3 is 1. The average Bonchev–Trinajstić information content (AvgIpc) is 2.70. The summed E-state index contributed by atoms with van der Waals surface area (Å²) in [5, 5.41) is 2.93. The molecule has 11 heteroatoms. The molecule has 1 aromatic carbocycles. The van der Waals surface area contributed by atoms with E-state index >= 15 is 0 Å². The SMILES string of the molecule is CO[C@H]1CN(C)C(=O)c2ccc(NS(C)(=O)=O)cc2OC[C@H](C)N(C(=O)NC(C)C)C[C@@H]1C. The molecule has 0 spiro atoms. The smallest absolute Gasteiger partial charge is 0.317 e. The number of sulfonamides is 1. The number of urea groups is 1. The summed E-state index contributed by atoms with van der Waals surface area (Å²) in [4.78, 5) is 29.3. The molecule has 1 aliphatic rings. The van der Waals surface area contributed by atoms with Crippen molar-refractivity contribution in [3.63, 3.8) is 0 Å². The number of amides is 3. The average molecular weight is 485 g/mol. The van der Waals surface area contributed by atoms with E-state index in [9.17, 15) is 18.0 Å². The van der Waals surface area contributed by atoms with Crippen LogP contribution in [0.4, 0.5) is 10.5 Å². The molecule has 3 amide bonds. The summed E-state index contributed by atoms with van der Waals surface area (Å²) < 4.78 is 37.4. The molecule has 186 valence electrons. The normalized spacial score (nSPS) is 22.7. The third-order valence-electron chi connectivity index (χ3n) is 5.42. The first-order valence-electron chi connectivity index (χ1n) is 10.9. The molecule has 3 atom stereocenters. The Balaban J connectivity index is 2.47. The molecule has 2 N–H and O–H groups in total. The molecule has 1 aromatic rings. The maximum absolute atomic E-state index is 13.2. The first kappa shape index (κ1) is 26.7. The van der Waals surface area contributed by atoms with Gasteiger partial charge in [-0.1, -0.05) is 6.92 Å². The van der Waals surface area contributed by atoms with Crippen LogP contribution >= 0.6 is 0 Å². The number of nitrogens with one attached hydrogen (secondary N) is 2. The summed E-state index contributed by atoms with van der Waals surface area (Å²) in [5.41, 5.74) is 0.578. The molecule has 0 unspecified atom stereocenters. The van der Waals surface area contributed by atoms with Crippen LogP contribution in [0, 0.1) is 5.92 Å². The minimum Gasteiger partial charge on any atom is -0.491 e. The molecule has 0 saturated carbocycles. The van der Waals surface area contributed by atoms with Crippen molar-refractivity contribution in [2.45, 2.75) is 45.9 Å². The van der Waals surface area contributed by atoms with E-state index < -0.39 is 10.0 Å². The molecule has 0 aliphatic carbocycles. The van der Waals surface area contributed by atoms with Crippen molar-refractivity contribution < 1.29 is 27.5 Å². The molecule has 2 rings (SSSR count). The number of fused-ring (bicyclic) bond motifs is 1. The summed E-state index contributed by atoms with van der Waals surface area (Å²) in [6, 6.07) is 3.97. The predicted octanol–water partition coefficient (Wildman–Crippen LogP) is 1.98. The summed E-state index contributed by atoms with van der Waals surface area (Å²) in [5.74, 6) is -0.0854. The quantitative estimate of drug-likeness (QED) is 0.675. The van der Waals surface area contributed by atoms with Crippen LogP contribution in [0.15, 0.2) is 18.2 Å². The van der Waals surface area contributed by atoms with Crippen molar-refractivity contribution in [2.24, 2.45) is 5.92 Å². The Morgan fingerprint density at radius 3 is 2.48 bits per heavy atom. The van der Waals surface area contributed by atoms with Gasteiger partial charge in [-0.15, -0.1) is 0 Å². The predicted molar refractivity (Wildman–Crippen MR) is 127 cm³/mol. The molecular formula is C22H36N4O6S. The molecule has 33 heavy (non-hydrogen) atoms. The zero-order chi connectivity index (χ0) is 24.9.